The Morgan fingerprint density at radius 1 is 1.67 bits per heavy atom. The van der Waals surface area contributed by atoms with Crippen LogP contribution in [0.4, 0.5) is 0 Å². The van der Waals surface area contributed by atoms with Gasteiger partial charge in [0.2, 0.25) is 0 Å². The molecule has 0 bridgehead atoms. The van der Waals surface area contributed by atoms with Gasteiger partial charge >= 0.3 is 0 Å². The minimum atomic E-state index is 0.439. The summed E-state index contributed by atoms with van der Waals surface area (Å²) >= 11 is 0. The van der Waals surface area contributed by atoms with E-state index >= 15 is 0 Å². The van der Waals surface area contributed by atoms with Gasteiger partial charge in [-0.25, -0.2) is 0 Å². The lowest BCUT2D eigenvalue weighted by Crippen LogP contribution is -2.08. The van der Waals surface area contributed by atoms with E-state index in [0.29, 0.717) is 6.04 Å². The summed E-state index contributed by atoms with van der Waals surface area (Å²) in [6.45, 7) is 5.86. The molecule has 2 heterocycles. The minimum absolute atomic E-state index is 0.439. The number of hydrogen-bond acceptors (Lipinski definition) is 2. The Morgan fingerprint density at radius 3 is 3.13 bits per heavy atom. The zero-order chi connectivity index (χ0) is 10.7. The van der Waals surface area contributed by atoms with Crippen molar-refractivity contribution >= 4 is 6.08 Å². The van der Waals surface area contributed by atoms with Gasteiger partial charge < -0.3 is 4.74 Å². The van der Waals surface area contributed by atoms with E-state index in [2.05, 4.69) is 29.0 Å². The standard InChI is InChI=1S/C12H18N2O/c1-3-5-12-10(4-2)8-14(13-12)11-6-7-15-9-11/h3,5,8,11H,4,6-7,9H2,1-2H3/b5-3-. The summed E-state index contributed by atoms with van der Waals surface area (Å²) in [6, 6.07) is 0.439. The van der Waals surface area contributed by atoms with Gasteiger partial charge in [0.1, 0.15) is 0 Å². The van der Waals surface area contributed by atoms with E-state index in [1.807, 2.05) is 13.0 Å². The number of allylic oxidation sites excluding steroid dienone is 1. The number of ether oxygens (including phenoxy) is 1. The first-order valence-corrected chi connectivity index (χ1v) is 5.63. The van der Waals surface area contributed by atoms with Crippen molar-refractivity contribution in [1.29, 1.82) is 0 Å². The van der Waals surface area contributed by atoms with E-state index in [0.717, 1.165) is 31.7 Å². The second-order valence-corrected chi connectivity index (χ2v) is 3.89. The van der Waals surface area contributed by atoms with Gasteiger partial charge in [0.15, 0.2) is 0 Å². The van der Waals surface area contributed by atoms with Crippen molar-refractivity contribution in [2.24, 2.45) is 0 Å². The first kappa shape index (κ1) is 10.4. The summed E-state index contributed by atoms with van der Waals surface area (Å²) in [4.78, 5) is 0. The molecule has 2 rings (SSSR count). The summed E-state index contributed by atoms with van der Waals surface area (Å²) < 4.78 is 7.45. The lowest BCUT2D eigenvalue weighted by Gasteiger charge is -2.06. The highest BCUT2D eigenvalue weighted by atomic mass is 16.5. The van der Waals surface area contributed by atoms with E-state index in [-0.39, 0.29) is 0 Å². The maximum atomic E-state index is 5.38. The molecule has 1 aliphatic rings. The molecule has 0 radical (unpaired) electrons. The summed E-state index contributed by atoms with van der Waals surface area (Å²) in [7, 11) is 0. The van der Waals surface area contributed by atoms with Crippen molar-refractivity contribution in [3.05, 3.63) is 23.5 Å². The third kappa shape index (κ3) is 2.12. The Bertz CT molecular complexity index is 349. The third-order valence-corrected chi connectivity index (χ3v) is 2.83. The Kier molecular flexibility index (Phi) is 3.21. The van der Waals surface area contributed by atoms with E-state index in [9.17, 15) is 0 Å². The van der Waals surface area contributed by atoms with E-state index < -0.39 is 0 Å². The van der Waals surface area contributed by atoms with Crippen LogP contribution in [0.3, 0.4) is 0 Å². The zero-order valence-corrected chi connectivity index (χ0v) is 9.44. The highest BCUT2D eigenvalue weighted by Gasteiger charge is 2.19. The number of rotatable bonds is 3. The summed E-state index contributed by atoms with van der Waals surface area (Å²) in [5.41, 5.74) is 2.42. The van der Waals surface area contributed by atoms with Crippen LogP contribution in [0.5, 0.6) is 0 Å². The number of hydrogen-bond donors (Lipinski definition) is 0. The van der Waals surface area contributed by atoms with Crippen molar-refractivity contribution in [1.82, 2.24) is 9.78 Å². The quantitative estimate of drug-likeness (QED) is 0.759. The van der Waals surface area contributed by atoms with E-state index in [4.69, 9.17) is 4.74 Å². The van der Waals surface area contributed by atoms with Gasteiger partial charge in [-0.2, -0.15) is 5.10 Å². The number of aryl methyl sites for hydroxylation is 1. The topological polar surface area (TPSA) is 27.1 Å². The van der Waals surface area contributed by atoms with Crippen LogP contribution in [-0.2, 0) is 11.2 Å². The fourth-order valence-electron chi connectivity index (χ4n) is 1.93. The van der Waals surface area contributed by atoms with Crippen LogP contribution in [0.2, 0.25) is 0 Å². The molecule has 82 valence electrons. The Hall–Kier alpha value is -1.09. The van der Waals surface area contributed by atoms with E-state index in [1.54, 1.807) is 0 Å². The molecule has 15 heavy (non-hydrogen) atoms. The molecule has 0 N–H and O–H groups in total. The SMILES string of the molecule is C/C=C\c1nn(C2CCOC2)cc1CC. The second kappa shape index (κ2) is 4.62. The third-order valence-electron chi connectivity index (χ3n) is 2.83. The van der Waals surface area contributed by atoms with Gasteiger partial charge in [-0.05, 0) is 31.4 Å². The monoisotopic (exact) mass is 206 g/mol. The molecule has 1 aliphatic heterocycles. The van der Waals surface area contributed by atoms with Crippen molar-refractivity contribution < 1.29 is 4.74 Å². The fraction of sp³-hybridized carbons (Fsp3) is 0.583. The van der Waals surface area contributed by atoms with Crippen molar-refractivity contribution in [3.8, 4) is 0 Å². The Morgan fingerprint density at radius 2 is 2.53 bits per heavy atom. The summed E-state index contributed by atoms with van der Waals surface area (Å²) in [5, 5.41) is 4.60. The summed E-state index contributed by atoms with van der Waals surface area (Å²) in [5.74, 6) is 0. The first-order valence-electron chi connectivity index (χ1n) is 5.63. The molecule has 1 aromatic heterocycles. The molecule has 3 heteroatoms. The molecule has 0 spiro atoms. The van der Waals surface area contributed by atoms with E-state index in [1.165, 1.54) is 5.56 Å². The van der Waals surface area contributed by atoms with Crippen LogP contribution >= 0.6 is 0 Å². The Balaban J connectivity index is 2.25. The number of aromatic nitrogens is 2. The number of nitrogens with zero attached hydrogens (tertiary/aromatic N) is 2. The van der Waals surface area contributed by atoms with Crippen LogP contribution in [0.25, 0.3) is 6.08 Å². The molecule has 1 fully saturated rings. The molecule has 1 aromatic rings. The Labute approximate surface area is 90.7 Å². The van der Waals surface area contributed by atoms with Crippen LogP contribution < -0.4 is 0 Å². The molecule has 0 saturated carbocycles. The van der Waals surface area contributed by atoms with Gasteiger partial charge in [-0.1, -0.05) is 13.0 Å². The maximum absolute atomic E-state index is 5.38. The molecular formula is C12H18N2O. The molecule has 0 aromatic carbocycles. The average Bonchev–Trinajstić information content (AvgIpc) is 2.84. The lowest BCUT2D eigenvalue weighted by molar-refractivity contribution is 0.184. The van der Waals surface area contributed by atoms with Gasteiger partial charge in [-0.15, -0.1) is 0 Å². The van der Waals surface area contributed by atoms with Gasteiger partial charge in [0, 0.05) is 12.8 Å². The predicted octanol–water partition coefficient (Wildman–Crippen LogP) is 2.44. The second-order valence-electron chi connectivity index (χ2n) is 3.89. The highest BCUT2D eigenvalue weighted by Crippen LogP contribution is 2.20. The molecule has 1 unspecified atom stereocenters. The van der Waals surface area contributed by atoms with Gasteiger partial charge in [0.05, 0.1) is 18.3 Å². The van der Waals surface area contributed by atoms with Crippen molar-refractivity contribution in [2.75, 3.05) is 13.2 Å². The molecule has 0 aliphatic carbocycles. The maximum Gasteiger partial charge on any atom is 0.0879 e. The minimum Gasteiger partial charge on any atom is -0.379 e. The fourth-order valence-corrected chi connectivity index (χ4v) is 1.93. The molecule has 1 atom stereocenters. The molecule has 0 amide bonds. The molecular weight excluding hydrogens is 188 g/mol. The van der Waals surface area contributed by atoms with Crippen LogP contribution in [-0.4, -0.2) is 23.0 Å². The van der Waals surface area contributed by atoms with Crippen molar-refractivity contribution in [2.45, 2.75) is 32.7 Å². The lowest BCUT2D eigenvalue weighted by atomic mass is 10.2. The highest BCUT2D eigenvalue weighted by molar-refractivity contribution is 5.48. The normalized spacial score (nSPS) is 21.6. The zero-order valence-electron chi connectivity index (χ0n) is 9.44. The van der Waals surface area contributed by atoms with Crippen LogP contribution in [0, 0.1) is 0 Å². The van der Waals surface area contributed by atoms with Crippen LogP contribution in [0.15, 0.2) is 12.3 Å². The molecule has 3 nitrogen and oxygen atoms in total. The predicted molar refractivity (Wildman–Crippen MR) is 60.8 cm³/mol. The average molecular weight is 206 g/mol. The van der Waals surface area contributed by atoms with Gasteiger partial charge in [-0.3, -0.25) is 4.68 Å². The van der Waals surface area contributed by atoms with Crippen molar-refractivity contribution in [3.63, 3.8) is 0 Å². The van der Waals surface area contributed by atoms with Gasteiger partial charge in [0.25, 0.3) is 0 Å². The first-order chi connectivity index (χ1) is 7.35. The summed E-state index contributed by atoms with van der Waals surface area (Å²) in [6.07, 6.45) is 8.39. The smallest absolute Gasteiger partial charge is 0.0879 e. The van der Waals surface area contributed by atoms with Crippen LogP contribution in [0.1, 0.15) is 37.6 Å². The largest absolute Gasteiger partial charge is 0.379 e. The molecule has 1 saturated heterocycles.